The molecule has 4 nitrogen and oxygen atoms in total. The molecule has 0 fully saturated rings. The van der Waals surface area contributed by atoms with Gasteiger partial charge in [-0.15, -0.1) is 0 Å². The molecule has 37 heavy (non-hydrogen) atoms. The molecule has 0 aliphatic rings. The molecule has 2 rings (SSSR count). The van der Waals surface area contributed by atoms with Crippen LogP contribution in [0.25, 0.3) is 10.8 Å². The summed E-state index contributed by atoms with van der Waals surface area (Å²) in [5, 5.41) is 0.670. The number of esters is 2. The molecule has 0 saturated heterocycles. The molecular formula is C21H14F10I2O4. The van der Waals surface area contributed by atoms with Gasteiger partial charge >= 0.3 is 36.1 Å². The molecule has 0 saturated carbocycles. The Balaban J connectivity index is 2.03. The Morgan fingerprint density at radius 3 is 1.59 bits per heavy atom. The zero-order valence-corrected chi connectivity index (χ0v) is 22.2. The van der Waals surface area contributed by atoms with Gasteiger partial charge in [0.25, 0.3) is 0 Å². The fourth-order valence-corrected chi connectivity index (χ4v) is 4.26. The Bertz CT molecular complexity index is 1130. The molecule has 2 atom stereocenters. The summed E-state index contributed by atoms with van der Waals surface area (Å²) in [4.78, 5) is 24.4. The molecule has 16 heteroatoms. The molecule has 0 aliphatic heterocycles. The number of alkyl halides is 12. The van der Waals surface area contributed by atoms with E-state index < -0.39 is 63.6 Å². The number of fused-ring (bicyclic) bond motifs is 1. The third-order valence-corrected chi connectivity index (χ3v) is 6.16. The number of hydrogen-bond donors (Lipinski definition) is 0. The predicted molar refractivity (Wildman–Crippen MR) is 126 cm³/mol. The van der Waals surface area contributed by atoms with Crippen LogP contribution in [0.4, 0.5) is 43.9 Å². The van der Waals surface area contributed by atoms with Crippen molar-refractivity contribution in [3.8, 4) is 0 Å². The first kappa shape index (κ1) is 31.6. The molecule has 0 aromatic heterocycles. The Morgan fingerprint density at radius 1 is 0.703 bits per heavy atom. The van der Waals surface area contributed by atoms with Gasteiger partial charge < -0.3 is 9.47 Å². The molecule has 0 heterocycles. The highest BCUT2D eigenvalue weighted by Gasteiger charge is 2.59. The highest BCUT2D eigenvalue weighted by molar-refractivity contribution is 14.1. The number of ether oxygens (including phenoxy) is 2. The van der Waals surface area contributed by atoms with E-state index >= 15 is 0 Å². The van der Waals surface area contributed by atoms with E-state index in [0.717, 1.165) is 28.7 Å². The minimum absolute atomic E-state index is 0.0873. The predicted octanol–water partition coefficient (Wildman–Crippen LogP) is 7.89. The first-order valence-corrected chi connectivity index (χ1v) is 12.3. The third kappa shape index (κ3) is 8.44. The van der Waals surface area contributed by atoms with Gasteiger partial charge in [-0.3, -0.25) is 0 Å². The van der Waals surface area contributed by atoms with Gasteiger partial charge in [0.05, 0.1) is 21.5 Å². The van der Waals surface area contributed by atoms with Crippen LogP contribution in [0.5, 0.6) is 0 Å². The highest BCUT2D eigenvalue weighted by Crippen LogP contribution is 2.41. The van der Waals surface area contributed by atoms with Crippen molar-refractivity contribution in [3.63, 3.8) is 0 Å². The Kier molecular flexibility index (Phi) is 9.95. The summed E-state index contributed by atoms with van der Waals surface area (Å²) in [6.07, 6.45) is -14.9. The van der Waals surface area contributed by atoms with Crippen LogP contribution in [0.3, 0.4) is 0 Å². The SMILES string of the molecule is O=C(OCC(I)CC(F)(F)C(F)(F)F)c1ccc2cc(C(=O)OC(I)CC(F)(F)C(F)(F)F)ccc2c1. The van der Waals surface area contributed by atoms with Crippen LogP contribution in [0, 0.1) is 0 Å². The minimum atomic E-state index is -5.81. The monoisotopic (exact) mass is 774 g/mol. The lowest BCUT2D eigenvalue weighted by Crippen LogP contribution is -2.39. The van der Waals surface area contributed by atoms with Crippen molar-refractivity contribution in [3.05, 3.63) is 47.5 Å². The lowest BCUT2D eigenvalue weighted by atomic mass is 10.0. The van der Waals surface area contributed by atoms with Gasteiger partial charge in [-0.2, -0.15) is 43.9 Å². The second-order valence-corrected chi connectivity index (χ2v) is 10.8. The van der Waals surface area contributed by atoms with Gasteiger partial charge in [0.1, 0.15) is 6.61 Å². The highest BCUT2D eigenvalue weighted by atomic mass is 127. The van der Waals surface area contributed by atoms with Crippen LogP contribution in [0.2, 0.25) is 0 Å². The standard InChI is InChI=1S/C21H14F10I2O4/c22-18(23,20(26,27)28)7-14(32)9-36-16(34)12-3-1-11-6-13(4-2-10(11)5-12)17(35)37-15(33)8-19(24,25)21(29,30)31/h1-6,14-15H,7-9H2. The molecule has 0 bridgehead atoms. The number of carbonyl (C=O) groups excluding carboxylic acids is 2. The van der Waals surface area contributed by atoms with Gasteiger partial charge in [0.2, 0.25) is 0 Å². The molecule has 2 aromatic rings. The Morgan fingerprint density at radius 2 is 1.14 bits per heavy atom. The van der Waals surface area contributed by atoms with Gasteiger partial charge in [-0.1, -0.05) is 34.7 Å². The first-order valence-electron chi connectivity index (χ1n) is 9.83. The molecule has 206 valence electrons. The zero-order valence-electron chi connectivity index (χ0n) is 17.9. The smallest absolute Gasteiger partial charge is 0.453 e. The van der Waals surface area contributed by atoms with E-state index in [1.165, 1.54) is 52.9 Å². The van der Waals surface area contributed by atoms with Gasteiger partial charge in [-0.05, 0) is 57.6 Å². The van der Waals surface area contributed by atoms with Crippen LogP contribution >= 0.6 is 45.2 Å². The molecule has 0 spiro atoms. The number of hydrogen-bond acceptors (Lipinski definition) is 4. The van der Waals surface area contributed by atoms with Gasteiger partial charge in [0.15, 0.2) is 4.11 Å². The largest absolute Gasteiger partial charge is 0.461 e. The van der Waals surface area contributed by atoms with Gasteiger partial charge in [-0.25, -0.2) is 9.59 Å². The second kappa shape index (κ2) is 11.6. The third-order valence-electron chi connectivity index (χ3n) is 4.67. The molecule has 0 amide bonds. The second-order valence-electron chi connectivity index (χ2n) is 7.60. The van der Waals surface area contributed by atoms with Gasteiger partial charge in [0, 0.05) is 6.42 Å². The van der Waals surface area contributed by atoms with E-state index in [1.807, 2.05) is 0 Å². The molecule has 2 unspecified atom stereocenters. The van der Waals surface area contributed by atoms with Crippen molar-refractivity contribution < 1.29 is 63.0 Å². The summed E-state index contributed by atoms with van der Waals surface area (Å²) >= 11 is 2.43. The fraction of sp³-hybridized carbons (Fsp3) is 0.429. The molecule has 2 aromatic carbocycles. The molecular weight excluding hydrogens is 760 g/mol. The Hall–Kier alpha value is -1.60. The molecule has 0 radical (unpaired) electrons. The average molecular weight is 774 g/mol. The summed E-state index contributed by atoms with van der Waals surface area (Å²) < 4.78 is 133. The maximum absolute atomic E-state index is 13.1. The zero-order chi connectivity index (χ0) is 28.4. The summed E-state index contributed by atoms with van der Waals surface area (Å²) in [6, 6.07) is 7.48. The quantitative estimate of drug-likeness (QED) is 0.113. The number of rotatable bonds is 9. The van der Waals surface area contributed by atoms with Crippen LogP contribution in [0.15, 0.2) is 36.4 Å². The van der Waals surface area contributed by atoms with Crippen LogP contribution < -0.4 is 0 Å². The van der Waals surface area contributed by atoms with Crippen molar-refractivity contribution >= 4 is 67.9 Å². The maximum atomic E-state index is 13.1. The van der Waals surface area contributed by atoms with Crippen LogP contribution in [0.1, 0.15) is 33.6 Å². The van der Waals surface area contributed by atoms with Crippen LogP contribution in [-0.2, 0) is 9.47 Å². The van der Waals surface area contributed by atoms with Crippen LogP contribution in [-0.4, -0.2) is 50.8 Å². The number of halogens is 12. The number of carbonyl (C=O) groups is 2. The molecule has 0 N–H and O–H groups in total. The topological polar surface area (TPSA) is 52.6 Å². The lowest BCUT2D eigenvalue weighted by Gasteiger charge is -2.22. The van der Waals surface area contributed by atoms with Crippen molar-refractivity contribution in [2.75, 3.05) is 6.61 Å². The van der Waals surface area contributed by atoms with Crippen molar-refractivity contribution in [1.82, 2.24) is 0 Å². The van der Waals surface area contributed by atoms with E-state index in [-0.39, 0.29) is 11.1 Å². The minimum Gasteiger partial charge on any atom is -0.461 e. The van der Waals surface area contributed by atoms with E-state index in [4.69, 9.17) is 4.74 Å². The normalized spacial score (nSPS) is 14.8. The maximum Gasteiger partial charge on any atom is 0.453 e. The van der Waals surface area contributed by atoms with Crippen molar-refractivity contribution in [1.29, 1.82) is 0 Å². The average Bonchev–Trinajstić information content (AvgIpc) is 2.74. The van der Waals surface area contributed by atoms with Crippen molar-refractivity contribution in [2.24, 2.45) is 0 Å². The van der Waals surface area contributed by atoms with E-state index in [2.05, 4.69) is 4.74 Å². The fourth-order valence-electron chi connectivity index (χ4n) is 2.75. The number of benzene rings is 2. The lowest BCUT2D eigenvalue weighted by molar-refractivity contribution is -0.286. The summed E-state index contributed by atoms with van der Waals surface area (Å²) in [5.74, 6) is -12.2. The van der Waals surface area contributed by atoms with E-state index in [9.17, 15) is 53.5 Å². The molecule has 0 aliphatic carbocycles. The summed E-state index contributed by atoms with van der Waals surface area (Å²) in [6.45, 7) is -0.723. The van der Waals surface area contributed by atoms with E-state index in [0.29, 0.717) is 10.8 Å². The van der Waals surface area contributed by atoms with Crippen molar-refractivity contribution in [2.45, 2.75) is 45.1 Å². The first-order chi connectivity index (χ1) is 16.7. The summed E-state index contributed by atoms with van der Waals surface area (Å²) in [5.41, 5.74) is -0.270. The summed E-state index contributed by atoms with van der Waals surface area (Å²) in [7, 11) is 0. The Labute approximate surface area is 229 Å². The van der Waals surface area contributed by atoms with E-state index in [1.54, 1.807) is 0 Å².